The molecule has 14 heavy (non-hydrogen) atoms. The highest BCUT2D eigenvalue weighted by Gasteiger charge is 2.04. The van der Waals surface area contributed by atoms with Gasteiger partial charge in [0, 0.05) is 23.1 Å². The molecule has 0 heterocycles. The Hall–Kier alpha value is -0.280. The average molecular weight is 234 g/mol. The highest BCUT2D eigenvalue weighted by Crippen LogP contribution is 2.21. The predicted molar refractivity (Wildman–Crippen MR) is 59.9 cm³/mol. The zero-order chi connectivity index (χ0) is 10.6. The van der Waals surface area contributed by atoms with Crippen molar-refractivity contribution in [1.82, 2.24) is 4.90 Å². The molecule has 0 saturated carbocycles. The quantitative estimate of drug-likeness (QED) is 0.864. The normalized spacial score (nSPS) is 10.9. The van der Waals surface area contributed by atoms with Gasteiger partial charge in [-0.15, -0.1) is 0 Å². The van der Waals surface area contributed by atoms with Crippen molar-refractivity contribution in [1.29, 1.82) is 0 Å². The molecule has 0 aliphatic rings. The van der Waals surface area contributed by atoms with Crippen LogP contribution >= 0.6 is 23.2 Å². The molecule has 0 aliphatic carbocycles. The number of benzene rings is 1. The largest absolute Gasteiger partial charge is 0.395 e. The predicted octanol–water partition coefficient (Wildman–Crippen LogP) is 2.42. The maximum atomic E-state index is 8.74. The summed E-state index contributed by atoms with van der Waals surface area (Å²) < 4.78 is 0. The van der Waals surface area contributed by atoms with Crippen molar-refractivity contribution in [2.75, 3.05) is 20.2 Å². The summed E-state index contributed by atoms with van der Waals surface area (Å²) in [6, 6.07) is 5.39. The van der Waals surface area contributed by atoms with Gasteiger partial charge in [-0.2, -0.15) is 0 Å². The van der Waals surface area contributed by atoms with Crippen LogP contribution in [0.1, 0.15) is 5.56 Å². The second-order valence-corrected chi connectivity index (χ2v) is 4.04. The smallest absolute Gasteiger partial charge is 0.0558 e. The van der Waals surface area contributed by atoms with E-state index in [2.05, 4.69) is 0 Å². The van der Waals surface area contributed by atoms with Crippen molar-refractivity contribution in [2.24, 2.45) is 0 Å². The minimum Gasteiger partial charge on any atom is -0.395 e. The van der Waals surface area contributed by atoms with Crippen molar-refractivity contribution >= 4 is 23.2 Å². The molecule has 0 spiro atoms. The molecular weight excluding hydrogens is 221 g/mol. The first kappa shape index (κ1) is 11.8. The molecule has 1 aromatic rings. The second-order valence-electron chi connectivity index (χ2n) is 3.20. The van der Waals surface area contributed by atoms with Crippen LogP contribution in [0.25, 0.3) is 0 Å². The first-order valence-corrected chi connectivity index (χ1v) is 5.12. The molecule has 1 aromatic carbocycles. The minimum atomic E-state index is 0.148. The van der Waals surface area contributed by atoms with Gasteiger partial charge in [-0.05, 0) is 30.8 Å². The molecule has 0 radical (unpaired) electrons. The summed E-state index contributed by atoms with van der Waals surface area (Å²) in [5, 5.41) is 10.1. The number of likely N-dealkylation sites (N-methyl/N-ethyl adjacent to an activating group) is 1. The molecule has 4 heteroatoms. The lowest BCUT2D eigenvalue weighted by Gasteiger charge is -2.15. The lowest BCUT2D eigenvalue weighted by molar-refractivity contribution is 0.217. The maximum absolute atomic E-state index is 8.74. The van der Waals surface area contributed by atoms with E-state index in [1.165, 1.54) is 0 Å². The van der Waals surface area contributed by atoms with Gasteiger partial charge in [-0.3, -0.25) is 4.90 Å². The number of hydrogen-bond acceptors (Lipinski definition) is 2. The van der Waals surface area contributed by atoms with Gasteiger partial charge in [0.15, 0.2) is 0 Å². The van der Waals surface area contributed by atoms with E-state index in [0.717, 1.165) is 5.56 Å². The Bertz CT molecular complexity index is 304. The Morgan fingerprint density at radius 2 is 2.07 bits per heavy atom. The average Bonchev–Trinajstić information content (AvgIpc) is 2.12. The number of aliphatic hydroxyl groups is 1. The van der Waals surface area contributed by atoms with E-state index < -0.39 is 0 Å². The molecule has 0 unspecified atom stereocenters. The van der Waals surface area contributed by atoms with Gasteiger partial charge >= 0.3 is 0 Å². The van der Waals surface area contributed by atoms with Crippen LogP contribution in [-0.4, -0.2) is 30.2 Å². The van der Waals surface area contributed by atoms with Gasteiger partial charge in [0.1, 0.15) is 0 Å². The van der Waals surface area contributed by atoms with E-state index in [1.54, 1.807) is 12.1 Å². The lowest BCUT2D eigenvalue weighted by Crippen LogP contribution is -2.21. The maximum Gasteiger partial charge on any atom is 0.0558 e. The Morgan fingerprint density at radius 1 is 1.36 bits per heavy atom. The molecule has 0 fully saturated rings. The summed E-state index contributed by atoms with van der Waals surface area (Å²) in [4.78, 5) is 1.98. The van der Waals surface area contributed by atoms with E-state index >= 15 is 0 Å². The summed E-state index contributed by atoms with van der Waals surface area (Å²) >= 11 is 11.8. The third kappa shape index (κ3) is 3.46. The SMILES string of the molecule is CN(CCO)Cc1cc(Cl)ccc1Cl. The van der Waals surface area contributed by atoms with E-state index in [-0.39, 0.29) is 6.61 Å². The van der Waals surface area contributed by atoms with Crippen LogP contribution in [0.3, 0.4) is 0 Å². The zero-order valence-corrected chi connectivity index (χ0v) is 9.52. The molecule has 0 bridgehead atoms. The number of aliphatic hydroxyl groups excluding tert-OH is 1. The van der Waals surface area contributed by atoms with Gasteiger partial charge in [-0.25, -0.2) is 0 Å². The second kappa shape index (κ2) is 5.56. The number of rotatable bonds is 4. The van der Waals surface area contributed by atoms with Crippen LogP contribution in [0, 0.1) is 0 Å². The molecule has 0 aliphatic heterocycles. The molecule has 0 atom stereocenters. The summed E-state index contributed by atoms with van der Waals surface area (Å²) in [6.07, 6.45) is 0. The topological polar surface area (TPSA) is 23.5 Å². The van der Waals surface area contributed by atoms with Gasteiger partial charge in [0.2, 0.25) is 0 Å². The van der Waals surface area contributed by atoms with Crippen LogP contribution in [0.5, 0.6) is 0 Å². The summed E-state index contributed by atoms with van der Waals surface area (Å²) in [5.41, 5.74) is 0.982. The molecule has 2 nitrogen and oxygen atoms in total. The number of nitrogens with zero attached hydrogens (tertiary/aromatic N) is 1. The molecule has 78 valence electrons. The summed E-state index contributed by atoms with van der Waals surface area (Å²) in [5.74, 6) is 0. The fourth-order valence-electron chi connectivity index (χ4n) is 1.21. The zero-order valence-electron chi connectivity index (χ0n) is 8.00. The van der Waals surface area contributed by atoms with Gasteiger partial charge in [0.05, 0.1) is 6.61 Å². The first-order chi connectivity index (χ1) is 6.63. The standard InChI is InChI=1S/C10H13Cl2NO/c1-13(4-5-14)7-8-6-9(11)2-3-10(8)12/h2-3,6,14H,4-5,7H2,1H3. The van der Waals surface area contributed by atoms with Crippen molar-refractivity contribution in [2.45, 2.75) is 6.54 Å². The Balaban J connectivity index is 2.70. The summed E-state index contributed by atoms with van der Waals surface area (Å²) in [6.45, 7) is 1.47. The molecular formula is C10H13Cl2NO. The van der Waals surface area contributed by atoms with Crippen molar-refractivity contribution in [3.05, 3.63) is 33.8 Å². The Kier molecular flexibility index (Phi) is 4.69. The van der Waals surface area contributed by atoms with Gasteiger partial charge in [-0.1, -0.05) is 23.2 Å². The van der Waals surface area contributed by atoms with Crippen LogP contribution in [0.15, 0.2) is 18.2 Å². The van der Waals surface area contributed by atoms with E-state index in [1.807, 2.05) is 18.0 Å². The van der Waals surface area contributed by atoms with Crippen LogP contribution < -0.4 is 0 Å². The first-order valence-electron chi connectivity index (χ1n) is 4.37. The molecule has 1 N–H and O–H groups in total. The third-order valence-electron chi connectivity index (χ3n) is 1.93. The van der Waals surface area contributed by atoms with Gasteiger partial charge in [0.25, 0.3) is 0 Å². The fraction of sp³-hybridized carbons (Fsp3) is 0.400. The van der Waals surface area contributed by atoms with Crippen molar-refractivity contribution in [3.63, 3.8) is 0 Å². The van der Waals surface area contributed by atoms with E-state index in [4.69, 9.17) is 28.3 Å². The van der Waals surface area contributed by atoms with Crippen LogP contribution in [0.2, 0.25) is 10.0 Å². The van der Waals surface area contributed by atoms with Gasteiger partial charge < -0.3 is 5.11 Å². The van der Waals surface area contributed by atoms with Crippen molar-refractivity contribution < 1.29 is 5.11 Å². The lowest BCUT2D eigenvalue weighted by atomic mass is 10.2. The molecule has 1 rings (SSSR count). The van der Waals surface area contributed by atoms with E-state index in [0.29, 0.717) is 23.1 Å². The highest BCUT2D eigenvalue weighted by atomic mass is 35.5. The monoisotopic (exact) mass is 233 g/mol. The van der Waals surface area contributed by atoms with Crippen LogP contribution in [0.4, 0.5) is 0 Å². The summed E-state index contributed by atoms with van der Waals surface area (Å²) in [7, 11) is 1.92. The van der Waals surface area contributed by atoms with E-state index in [9.17, 15) is 0 Å². The number of halogens is 2. The van der Waals surface area contributed by atoms with Crippen molar-refractivity contribution in [3.8, 4) is 0 Å². The fourth-order valence-corrected chi connectivity index (χ4v) is 1.58. The Morgan fingerprint density at radius 3 is 2.71 bits per heavy atom. The minimum absolute atomic E-state index is 0.148. The van der Waals surface area contributed by atoms with Crippen LogP contribution in [-0.2, 0) is 6.54 Å². The third-order valence-corrected chi connectivity index (χ3v) is 2.53. The number of hydrogen-bond donors (Lipinski definition) is 1. The molecule has 0 aromatic heterocycles. The highest BCUT2D eigenvalue weighted by molar-refractivity contribution is 6.33. The molecule has 0 amide bonds. The Labute approximate surface area is 94.1 Å². The molecule has 0 saturated heterocycles.